The standard InChI is InChI=1S/C31H38FN7O2/c1-19-24(18-34-38(19)4)28-27(32)23(9-14-33-28)29(40)36-30-35-25-17-21(20-10-15-37(3)16-11-20)5-6-26(25)39(30)22-7-12-31(2,41)13-8-22/h5-6,9,14,17-18,20,22,41H,7-8,10-13,15-16H2,1-4H3,(H,35,36,40). The number of aromatic nitrogens is 5. The molecule has 4 aromatic rings. The van der Waals surface area contributed by atoms with Crippen LogP contribution in [0.15, 0.2) is 36.7 Å². The molecule has 216 valence electrons. The zero-order chi connectivity index (χ0) is 28.9. The Bertz CT molecular complexity index is 1590. The molecule has 0 spiro atoms. The fraction of sp³-hybridized carbons (Fsp3) is 0.484. The summed E-state index contributed by atoms with van der Waals surface area (Å²) in [4.78, 5) is 25.0. The molecule has 1 aliphatic carbocycles. The molecule has 0 bridgehead atoms. The van der Waals surface area contributed by atoms with Crippen LogP contribution in [0.4, 0.5) is 10.3 Å². The normalized spacial score (nSPS) is 22.3. The number of carbonyl (C=O) groups is 1. The fourth-order valence-corrected chi connectivity index (χ4v) is 6.36. The molecule has 0 atom stereocenters. The molecule has 3 aromatic heterocycles. The number of imidazole rings is 1. The van der Waals surface area contributed by atoms with Crippen molar-refractivity contribution in [3.05, 3.63) is 59.3 Å². The third kappa shape index (κ3) is 5.26. The minimum absolute atomic E-state index is 0.0561. The second kappa shape index (κ2) is 10.6. The number of amides is 1. The van der Waals surface area contributed by atoms with E-state index in [4.69, 9.17) is 4.98 Å². The van der Waals surface area contributed by atoms with Crippen molar-refractivity contribution in [3.63, 3.8) is 0 Å². The average molecular weight is 560 g/mol. The highest BCUT2D eigenvalue weighted by atomic mass is 19.1. The number of rotatable bonds is 5. The highest BCUT2D eigenvalue weighted by Crippen LogP contribution is 2.39. The van der Waals surface area contributed by atoms with Gasteiger partial charge >= 0.3 is 0 Å². The van der Waals surface area contributed by atoms with Gasteiger partial charge in [0, 0.05) is 30.5 Å². The van der Waals surface area contributed by atoms with Crippen LogP contribution in [0.2, 0.25) is 0 Å². The lowest BCUT2D eigenvalue weighted by Gasteiger charge is -2.34. The monoisotopic (exact) mass is 559 g/mol. The molecule has 1 saturated heterocycles. The van der Waals surface area contributed by atoms with Gasteiger partial charge < -0.3 is 14.6 Å². The maximum Gasteiger partial charge on any atom is 0.261 e. The Kier molecular flexibility index (Phi) is 7.15. The van der Waals surface area contributed by atoms with E-state index >= 15 is 4.39 Å². The van der Waals surface area contributed by atoms with Crippen molar-refractivity contribution in [2.45, 2.75) is 69.9 Å². The molecule has 0 unspecified atom stereocenters. The van der Waals surface area contributed by atoms with Crippen LogP contribution < -0.4 is 5.32 Å². The van der Waals surface area contributed by atoms with Crippen molar-refractivity contribution < 1.29 is 14.3 Å². The van der Waals surface area contributed by atoms with Crippen molar-refractivity contribution in [2.24, 2.45) is 7.05 Å². The number of hydrogen-bond acceptors (Lipinski definition) is 6. The predicted molar refractivity (Wildman–Crippen MR) is 156 cm³/mol. The molecular formula is C31H38FN7O2. The first-order valence-corrected chi connectivity index (χ1v) is 14.5. The van der Waals surface area contributed by atoms with E-state index in [1.165, 1.54) is 17.8 Å². The van der Waals surface area contributed by atoms with Gasteiger partial charge in [0.1, 0.15) is 5.69 Å². The summed E-state index contributed by atoms with van der Waals surface area (Å²) in [5.41, 5.74) is 3.60. The predicted octanol–water partition coefficient (Wildman–Crippen LogP) is 5.21. The zero-order valence-electron chi connectivity index (χ0n) is 24.2. The summed E-state index contributed by atoms with van der Waals surface area (Å²) in [6, 6.07) is 7.89. The Morgan fingerprint density at radius 1 is 1.12 bits per heavy atom. The lowest BCUT2D eigenvalue weighted by molar-refractivity contribution is 0.0106. The molecule has 1 aromatic carbocycles. The summed E-state index contributed by atoms with van der Waals surface area (Å²) >= 11 is 0. The van der Waals surface area contributed by atoms with Gasteiger partial charge in [-0.3, -0.25) is 19.8 Å². The number of piperidine rings is 1. The van der Waals surface area contributed by atoms with Gasteiger partial charge in [0.2, 0.25) is 5.95 Å². The lowest BCUT2D eigenvalue weighted by Crippen LogP contribution is -2.32. The van der Waals surface area contributed by atoms with E-state index in [-0.39, 0.29) is 17.3 Å². The first kappa shape index (κ1) is 27.5. The van der Waals surface area contributed by atoms with Gasteiger partial charge in [0.25, 0.3) is 5.91 Å². The number of nitrogens with zero attached hydrogens (tertiary/aromatic N) is 6. The molecule has 10 heteroatoms. The van der Waals surface area contributed by atoms with Crippen LogP contribution >= 0.6 is 0 Å². The quantitative estimate of drug-likeness (QED) is 0.348. The van der Waals surface area contributed by atoms with Crippen molar-refractivity contribution in [1.29, 1.82) is 0 Å². The van der Waals surface area contributed by atoms with Crippen molar-refractivity contribution in [3.8, 4) is 11.3 Å². The number of benzene rings is 1. The van der Waals surface area contributed by atoms with E-state index in [0.29, 0.717) is 30.3 Å². The summed E-state index contributed by atoms with van der Waals surface area (Å²) in [6.07, 6.45) is 8.03. The maximum absolute atomic E-state index is 15.7. The second-order valence-electron chi connectivity index (χ2n) is 12.1. The van der Waals surface area contributed by atoms with Gasteiger partial charge in [0.05, 0.1) is 28.4 Å². The van der Waals surface area contributed by atoms with E-state index in [1.54, 1.807) is 17.9 Å². The largest absolute Gasteiger partial charge is 0.390 e. The van der Waals surface area contributed by atoms with Crippen LogP contribution in [-0.4, -0.2) is 66.0 Å². The molecule has 2 fully saturated rings. The molecule has 41 heavy (non-hydrogen) atoms. The van der Waals surface area contributed by atoms with Gasteiger partial charge in [-0.2, -0.15) is 5.10 Å². The summed E-state index contributed by atoms with van der Waals surface area (Å²) in [5.74, 6) is -0.402. The number of pyridine rings is 1. The highest BCUT2D eigenvalue weighted by Gasteiger charge is 2.32. The number of aryl methyl sites for hydroxylation is 1. The van der Waals surface area contributed by atoms with E-state index < -0.39 is 17.3 Å². The Morgan fingerprint density at radius 2 is 1.85 bits per heavy atom. The Morgan fingerprint density at radius 3 is 2.54 bits per heavy atom. The van der Waals surface area contributed by atoms with Crippen LogP contribution in [0, 0.1) is 12.7 Å². The number of likely N-dealkylation sites (tertiary alicyclic amines) is 1. The Balaban J connectivity index is 1.36. The van der Waals surface area contributed by atoms with Crippen molar-refractivity contribution in [2.75, 3.05) is 25.5 Å². The van der Waals surface area contributed by atoms with Gasteiger partial charge in [0.15, 0.2) is 5.82 Å². The average Bonchev–Trinajstić information content (AvgIpc) is 3.47. The van der Waals surface area contributed by atoms with Crippen LogP contribution in [-0.2, 0) is 7.05 Å². The van der Waals surface area contributed by atoms with Crippen LogP contribution in [0.25, 0.3) is 22.3 Å². The third-order valence-electron chi connectivity index (χ3n) is 9.15. The number of carbonyl (C=O) groups excluding carboxylic acids is 1. The SMILES string of the molecule is Cc1c(-c2nccc(C(=O)Nc3nc4cc(C5CCN(C)CC5)ccc4n3C3CCC(C)(O)CC3)c2F)cnn1C. The molecule has 1 saturated carbocycles. The number of aliphatic hydroxyl groups is 1. The third-order valence-corrected chi connectivity index (χ3v) is 9.15. The van der Waals surface area contributed by atoms with Crippen LogP contribution in [0.1, 0.15) is 79.0 Å². The van der Waals surface area contributed by atoms with Gasteiger partial charge in [-0.15, -0.1) is 0 Å². The van der Waals surface area contributed by atoms with Gasteiger partial charge in [-0.25, -0.2) is 9.37 Å². The molecular weight excluding hydrogens is 521 g/mol. The van der Waals surface area contributed by atoms with Crippen LogP contribution in [0.5, 0.6) is 0 Å². The van der Waals surface area contributed by atoms with E-state index in [9.17, 15) is 9.90 Å². The summed E-state index contributed by atoms with van der Waals surface area (Å²) in [5, 5.41) is 17.7. The van der Waals surface area contributed by atoms with Crippen LogP contribution in [0.3, 0.4) is 0 Å². The molecule has 1 amide bonds. The molecule has 2 aliphatic rings. The first-order valence-electron chi connectivity index (χ1n) is 14.5. The van der Waals surface area contributed by atoms with Crippen molar-refractivity contribution >= 4 is 22.9 Å². The number of anilines is 1. The minimum Gasteiger partial charge on any atom is -0.390 e. The molecule has 0 radical (unpaired) electrons. The fourth-order valence-electron chi connectivity index (χ4n) is 6.36. The van der Waals surface area contributed by atoms with Gasteiger partial charge in [-0.05, 0) is 102 Å². The van der Waals surface area contributed by atoms with Gasteiger partial charge in [-0.1, -0.05) is 6.07 Å². The maximum atomic E-state index is 15.7. The summed E-state index contributed by atoms with van der Waals surface area (Å²) in [6.45, 7) is 5.84. The lowest BCUT2D eigenvalue weighted by atomic mass is 9.83. The minimum atomic E-state index is -0.696. The summed E-state index contributed by atoms with van der Waals surface area (Å²) < 4.78 is 19.4. The smallest absolute Gasteiger partial charge is 0.261 e. The molecule has 9 nitrogen and oxygen atoms in total. The van der Waals surface area contributed by atoms with E-state index in [1.807, 2.05) is 13.8 Å². The number of halogens is 1. The molecule has 4 heterocycles. The zero-order valence-corrected chi connectivity index (χ0v) is 24.2. The van der Waals surface area contributed by atoms with E-state index in [2.05, 4.69) is 50.1 Å². The molecule has 1 aliphatic heterocycles. The number of nitrogens with one attached hydrogen (secondary N) is 1. The Hall–Kier alpha value is -3.63. The topological polar surface area (TPSA) is 101 Å². The molecule has 6 rings (SSSR count). The first-order chi connectivity index (χ1) is 19.6. The number of fused-ring (bicyclic) bond motifs is 1. The summed E-state index contributed by atoms with van der Waals surface area (Å²) in [7, 11) is 3.94. The number of hydrogen-bond donors (Lipinski definition) is 2. The highest BCUT2D eigenvalue weighted by molar-refractivity contribution is 6.05. The molecule has 2 N–H and O–H groups in total. The van der Waals surface area contributed by atoms with Crippen molar-refractivity contribution in [1.82, 2.24) is 29.2 Å². The van der Waals surface area contributed by atoms with E-state index in [0.717, 1.165) is 55.5 Å². The Labute approximate surface area is 239 Å². The second-order valence-corrected chi connectivity index (χ2v) is 12.1.